The average molecular weight is 344 g/mol. The quantitative estimate of drug-likeness (QED) is 0.500. The van der Waals surface area contributed by atoms with Gasteiger partial charge < -0.3 is 10.1 Å². The van der Waals surface area contributed by atoms with E-state index in [-0.39, 0.29) is 5.91 Å². The standard InChI is InChI=1S/C22H20N2O2/c1-16(25)23-15-20-12-11-19(22-8-4-5-13-24(22)26)14-18(20)10-9-17-6-2-3-7-21(17)23/h2-8,11-14H,9-10,15H2,1H3. The lowest BCUT2D eigenvalue weighted by atomic mass is 9.93. The van der Waals surface area contributed by atoms with Crippen molar-refractivity contribution in [1.82, 2.24) is 0 Å². The minimum atomic E-state index is 0.0369. The first-order chi connectivity index (χ1) is 12.6. The first-order valence-corrected chi connectivity index (χ1v) is 8.80. The SMILES string of the molecule is CC(=O)N1Cc2ccc(-c3cccc[n+]3[O-])cc2CCc2ccccc21. The molecule has 0 aliphatic carbocycles. The van der Waals surface area contributed by atoms with Crippen molar-refractivity contribution in [3.05, 3.63) is 88.8 Å². The highest BCUT2D eigenvalue weighted by atomic mass is 16.5. The number of pyridine rings is 1. The molecule has 0 spiro atoms. The van der Waals surface area contributed by atoms with Gasteiger partial charge in [-0.25, -0.2) is 0 Å². The number of hydrogen-bond acceptors (Lipinski definition) is 2. The lowest BCUT2D eigenvalue weighted by Gasteiger charge is -2.28. The highest BCUT2D eigenvalue weighted by molar-refractivity contribution is 5.92. The Hall–Kier alpha value is -3.14. The molecule has 4 heteroatoms. The Labute approximate surface area is 152 Å². The normalized spacial score (nSPS) is 13.3. The predicted octanol–water partition coefficient (Wildman–Crippen LogP) is 3.64. The molecule has 3 aromatic rings. The molecule has 4 rings (SSSR count). The fourth-order valence-corrected chi connectivity index (χ4v) is 3.62. The van der Waals surface area contributed by atoms with Crippen molar-refractivity contribution in [1.29, 1.82) is 0 Å². The minimum Gasteiger partial charge on any atom is -0.618 e. The lowest BCUT2D eigenvalue weighted by molar-refractivity contribution is -0.593. The van der Waals surface area contributed by atoms with Crippen molar-refractivity contribution in [2.45, 2.75) is 26.3 Å². The van der Waals surface area contributed by atoms with Crippen LogP contribution >= 0.6 is 0 Å². The van der Waals surface area contributed by atoms with E-state index in [9.17, 15) is 10.0 Å². The van der Waals surface area contributed by atoms with E-state index in [4.69, 9.17) is 0 Å². The maximum absolute atomic E-state index is 12.3. The first kappa shape index (κ1) is 16.3. The summed E-state index contributed by atoms with van der Waals surface area (Å²) in [4.78, 5) is 14.1. The summed E-state index contributed by atoms with van der Waals surface area (Å²) >= 11 is 0. The molecule has 0 unspecified atom stereocenters. The van der Waals surface area contributed by atoms with Gasteiger partial charge in [-0.05, 0) is 53.8 Å². The molecule has 0 N–H and O–H groups in total. The number of amides is 1. The second-order valence-corrected chi connectivity index (χ2v) is 6.63. The average Bonchev–Trinajstić information content (AvgIpc) is 2.63. The van der Waals surface area contributed by atoms with E-state index >= 15 is 0 Å². The highest BCUT2D eigenvalue weighted by Crippen LogP contribution is 2.30. The van der Waals surface area contributed by atoms with Crippen LogP contribution in [-0.4, -0.2) is 5.91 Å². The molecule has 2 aromatic carbocycles. The van der Waals surface area contributed by atoms with Gasteiger partial charge >= 0.3 is 0 Å². The van der Waals surface area contributed by atoms with Crippen molar-refractivity contribution in [3.8, 4) is 11.3 Å². The topological polar surface area (TPSA) is 47.2 Å². The Morgan fingerprint density at radius 2 is 1.73 bits per heavy atom. The maximum Gasteiger partial charge on any atom is 0.224 e. The van der Waals surface area contributed by atoms with Crippen molar-refractivity contribution in [2.75, 3.05) is 4.90 Å². The van der Waals surface area contributed by atoms with Crippen molar-refractivity contribution >= 4 is 11.6 Å². The zero-order chi connectivity index (χ0) is 18.1. The van der Waals surface area contributed by atoms with Gasteiger partial charge in [0.05, 0.1) is 6.54 Å². The zero-order valence-electron chi connectivity index (χ0n) is 14.7. The lowest BCUT2D eigenvalue weighted by Crippen LogP contribution is -2.30. The first-order valence-electron chi connectivity index (χ1n) is 8.80. The number of aromatic nitrogens is 1. The van der Waals surface area contributed by atoms with Crippen LogP contribution in [0.4, 0.5) is 5.69 Å². The van der Waals surface area contributed by atoms with Gasteiger partial charge in [0.1, 0.15) is 0 Å². The molecular weight excluding hydrogens is 324 g/mol. The summed E-state index contributed by atoms with van der Waals surface area (Å²) in [5.74, 6) is 0.0369. The van der Waals surface area contributed by atoms with Gasteiger partial charge in [-0.15, -0.1) is 0 Å². The molecule has 1 aliphatic heterocycles. The van der Waals surface area contributed by atoms with E-state index in [1.54, 1.807) is 13.0 Å². The molecule has 0 bridgehead atoms. The molecule has 1 amide bonds. The molecule has 2 heterocycles. The van der Waals surface area contributed by atoms with Crippen LogP contribution in [-0.2, 0) is 24.2 Å². The summed E-state index contributed by atoms with van der Waals surface area (Å²) in [6.07, 6.45) is 3.26. The van der Waals surface area contributed by atoms with Crippen molar-refractivity contribution in [3.63, 3.8) is 0 Å². The second kappa shape index (κ2) is 6.64. The Morgan fingerprint density at radius 1 is 0.962 bits per heavy atom. The summed E-state index contributed by atoms with van der Waals surface area (Å²) in [6.45, 7) is 2.16. The number of fused-ring (bicyclic) bond motifs is 2. The van der Waals surface area contributed by atoms with Crippen LogP contribution in [0.5, 0.6) is 0 Å². The van der Waals surface area contributed by atoms with Gasteiger partial charge in [0.25, 0.3) is 0 Å². The minimum absolute atomic E-state index is 0.0369. The van der Waals surface area contributed by atoms with Crippen LogP contribution in [0, 0.1) is 5.21 Å². The Kier molecular flexibility index (Phi) is 4.17. The smallest absolute Gasteiger partial charge is 0.224 e. The Morgan fingerprint density at radius 3 is 2.54 bits per heavy atom. The summed E-state index contributed by atoms with van der Waals surface area (Å²) in [7, 11) is 0. The van der Waals surface area contributed by atoms with E-state index < -0.39 is 0 Å². The van der Waals surface area contributed by atoms with Gasteiger partial charge in [0, 0.05) is 30.3 Å². The van der Waals surface area contributed by atoms with Gasteiger partial charge in [-0.1, -0.05) is 24.3 Å². The third kappa shape index (κ3) is 2.94. The summed E-state index contributed by atoms with van der Waals surface area (Å²) in [5, 5.41) is 12.1. The fourth-order valence-electron chi connectivity index (χ4n) is 3.62. The molecule has 0 saturated heterocycles. The summed E-state index contributed by atoms with van der Waals surface area (Å²) in [6, 6.07) is 19.6. The largest absolute Gasteiger partial charge is 0.618 e. The summed E-state index contributed by atoms with van der Waals surface area (Å²) in [5.41, 5.74) is 6.04. The summed E-state index contributed by atoms with van der Waals surface area (Å²) < 4.78 is 0.891. The third-order valence-corrected chi connectivity index (χ3v) is 4.98. The molecule has 1 aliphatic rings. The fraction of sp³-hybridized carbons (Fsp3) is 0.182. The number of aryl methyl sites for hydroxylation is 2. The monoisotopic (exact) mass is 344 g/mol. The number of carbonyl (C=O) groups excluding carboxylic acids is 1. The molecule has 0 atom stereocenters. The number of carbonyl (C=O) groups is 1. The van der Waals surface area contributed by atoms with E-state index in [0.29, 0.717) is 12.2 Å². The molecule has 4 nitrogen and oxygen atoms in total. The van der Waals surface area contributed by atoms with Crippen LogP contribution in [0.2, 0.25) is 0 Å². The predicted molar refractivity (Wildman–Crippen MR) is 102 cm³/mol. The van der Waals surface area contributed by atoms with Gasteiger partial charge in [-0.3, -0.25) is 4.79 Å². The van der Waals surface area contributed by atoms with Crippen LogP contribution in [0.1, 0.15) is 23.6 Å². The van der Waals surface area contributed by atoms with Gasteiger partial charge in [-0.2, -0.15) is 4.73 Å². The number of anilines is 1. The van der Waals surface area contributed by atoms with Crippen LogP contribution in [0.25, 0.3) is 11.3 Å². The molecule has 0 fully saturated rings. The van der Waals surface area contributed by atoms with E-state index in [1.165, 1.54) is 17.3 Å². The number of benzene rings is 2. The highest BCUT2D eigenvalue weighted by Gasteiger charge is 2.21. The molecule has 26 heavy (non-hydrogen) atoms. The number of hydrogen-bond donors (Lipinski definition) is 0. The third-order valence-electron chi connectivity index (χ3n) is 4.98. The second-order valence-electron chi connectivity index (χ2n) is 6.63. The van der Waals surface area contributed by atoms with E-state index in [2.05, 4.69) is 12.1 Å². The van der Waals surface area contributed by atoms with Crippen LogP contribution < -0.4 is 9.63 Å². The van der Waals surface area contributed by atoms with Crippen molar-refractivity contribution < 1.29 is 9.52 Å². The Bertz CT molecular complexity index is 981. The van der Waals surface area contributed by atoms with Gasteiger partial charge in [0.2, 0.25) is 11.6 Å². The Balaban J connectivity index is 1.78. The zero-order valence-corrected chi connectivity index (χ0v) is 14.7. The number of rotatable bonds is 1. The van der Waals surface area contributed by atoms with Crippen LogP contribution in [0.15, 0.2) is 66.9 Å². The van der Waals surface area contributed by atoms with Gasteiger partial charge in [0.15, 0.2) is 6.20 Å². The van der Waals surface area contributed by atoms with Crippen molar-refractivity contribution in [2.24, 2.45) is 0 Å². The molecular formula is C22H20N2O2. The molecule has 0 saturated carbocycles. The van der Waals surface area contributed by atoms with Crippen LogP contribution in [0.3, 0.4) is 0 Å². The number of nitrogens with zero attached hydrogens (tertiary/aromatic N) is 2. The molecule has 130 valence electrons. The molecule has 0 radical (unpaired) electrons. The van der Waals surface area contributed by atoms with E-state index in [1.807, 2.05) is 47.4 Å². The number of para-hydroxylation sites is 1. The molecule has 1 aromatic heterocycles. The maximum atomic E-state index is 12.3. The van der Waals surface area contributed by atoms with E-state index in [0.717, 1.165) is 34.4 Å².